The number of carbonyl (C=O) groups is 2. The van der Waals surface area contributed by atoms with Gasteiger partial charge < -0.3 is 10.2 Å². The summed E-state index contributed by atoms with van der Waals surface area (Å²) in [5.41, 5.74) is 1.30. The van der Waals surface area contributed by atoms with Gasteiger partial charge in [-0.3, -0.25) is 9.59 Å². The Morgan fingerprint density at radius 2 is 1.59 bits per heavy atom. The molecule has 11 heteroatoms. The van der Waals surface area contributed by atoms with Crippen LogP contribution in [0.25, 0.3) is 0 Å². The minimum Gasteiger partial charge on any atom is -0.352 e. The fourth-order valence-electron chi connectivity index (χ4n) is 4.18. The maximum atomic E-state index is 14.9. The summed E-state index contributed by atoms with van der Waals surface area (Å²) in [5.74, 6) is -1.81. The van der Waals surface area contributed by atoms with Crippen LogP contribution in [0.5, 0.6) is 0 Å². The quantitative estimate of drug-likeness (QED) is 0.290. The van der Waals surface area contributed by atoms with Crippen molar-refractivity contribution in [2.45, 2.75) is 45.3 Å². The summed E-state index contributed by atoms with van der Waals surface area (Å²) in [6.45, 7) is 3.13. The van der Waals surface area contributed by atoms with Crippen molar-refractivity contribution in [1.29, 1.82) is 0 Å². The standard InChI is InChI=1S/C30H36BrFN4O4S/c1-5-22(2)33-30(38)28(19-23-12-7-6-8-13-23)35(20-24-14-11-15-25(31)18-24)29(37)21-36(41(39,40)34(3)4)27-17-10-9-16-26(27)32/h6-18,22,28H,5,19-21H2,1-4H3,(H,33,38)/t22-,28-/m0/s1. The first-order valence-corrected chi connectivity index (χ1v) is 15.5. The van der Waals surface area contributed by atoms with Crippen LogP contribution in [-0.4, -0.2) is 62.2 Å². The Morgan fingerprint density at radius 1 is 0.951 bits per heavy atom. The second kappa shape index (κ2) is 14.6. The lowest BCUT2D eigenvalue weighted by molar-refractivity contribution is -0.140. The van der Waals surface area contributed by atoms with Gasteiger partial charge >= 0.3 is 10.2 Å². The molecule has 0 aromatic heterocycles. The largest absolute Gasteiger partial charge is 0.352 e. The predicted octanol–water partition coefficient (Wildman–Crippen LogP) is 4.76. The number of rotatable bonds is 13. The number of hydrogen-bond acceptors (Lipinski definition) is 4. The number of anilines is 1. The lowest BCUT2D eigenvalue weighted by Gasteiger charge is -2.35. The van der Waals surface area contributed by atoms with E-state index in [1.165, 1.54) is 37.2 Å². The molecule has 2 atom stereocenters. The third kappa shape index (κ3) is 8.61. The molecule has 0 fully saturated rings. The molecule has 0 bridgehead atoms. The summed E-state index contributed by atoms with van der Waals surface area (Å²) in [4.78, 5) is 29.3. The van der Waals surface area contributed by atoms with Crippen LogP contribution < -0.4 is 9.62 Å². The van der Waals surface area contributed by atoms with E-state index < -0.39 is 34.5 Å². The predicted molar refractivity (Wildman–Crippen MR) is 163 cm³/mol. The van der Waals surface area contributed by atoms with Crippen LogP contribution >= 0.6 is 15.9 Å². The Morgan fingerprint density at radius 3 is 2.20 bits per heavy atom. The molecule has 0 radical (unpaired) electrons. The zero-order valence-electron chi connectivity index (χ0n) is 23.6. The van der Waals surface area contributed by atoms with Crippen molar-refractivity contribution >= 4 is 43.6 Å². The molecule has 0 aliphatic carbocycles. The number of para-hydroxylation sites is 1. The van der Waals surface area contributed by atoms with Crippen molar-refractivity contribution in [1.82, 2.24) is 14.5 Å². The zero-order valence-corrected chi connectivity index (χ0v) is 26.0. The van der Waals surface area contributed by atoms with Crippen molar-refractivity contribution < 1.29 is 22.4 Å². The van der Waals surface area contributed by atoms with Crippen molar-refractivity contribution in [2.24, 2.45) is 0 Å². The van der Waals surface area contributed by atoms with Crippen molar-refractivity contribution in [3.05, 3.63) is 100 Å². The van der Waals surface area contributed by atoms with Crippen molar-refractivity contribution in [3.8, 4) is 0 Å². The Balaban J connectivity index is 2.11. The summed E-state index contributed by atoms with van der Waals surface area (Å²) in [6, 6.07) is 20.9. The SMILES string of the molecule is CC[C@H](C)NC(=O)[C@H](Cc1ccccc1)N(Cc1cccc(Br)c1)C(=O)CN(c1ccccc1F)S(=O)(=O)N(C)C. The number of carbonyl (C=O) groups excluding carboxylic acids is 2. The molecule has 8 nitrogen and oxygen atoms in total. The minimum absolute atomic E-state index is 0.0246. The Hall–Kier alpha value is -3.28. The fourth-order valence-corrected chi connectivity index (χ4v) is 5.69. The average Bonchev–Trinajstić information content (AvgIpc) is 2.94. The summed E-state index contributed by atoms with van der Waals surface area (Å²) in [7, 11) is -1.66. The zero-order chi connectivity index (χ0) is 30.2. The lowest BCUT2D eigenvalue weighted by Crippen LogP contribution is -2.55. The van der Waals surface area contributed by atoms with E-state index in [9.17, 15) is 22.4 Å². The minimum atomic E-state index is -4.28. The molecule has 0 spiro atoms. The van der Waals surface area contributed by atoms with Gasteiger partial charge in [0.1, 0.15) is 18.4 Å². The highest BCUT2D eigenvalue weighted by atomic mass is 79.9. The molecule has 0 heterocycles. The molecule has 1 N–H and O–H groups in total. The van der Waals surface area contributed by atoms with E-state index >= 15 is 0 Å². The van der Waals surface area contributed by atoms with Gasteiger partial charge in [0.05, 0.1) is 5.69 Å². The van der Waals surface area contributed by atoms with E-state index in [1.54, 1.807) is 0 Å². The number of benzene rings is 3. The van der Waals surface area contributed by atoms with Gasteiger partial charge in [-0.05, 0) is 48.7 Å². The monoisotopic (exact) mass is 646 g/mol. The molecule has 0 saturated heterocycles. The molecule has 0 aliphatic rings. The number of nitrogens with zero attached hydrogens (tertiary/aromatic N) is 3. The van der Waals surface area contributed by atoms with Gasteiger partial charge in [-0.1, -0.05) is 77.5 Å². The van der Waals surface area contributed by atoms with Gasteiger partial charge in [-0.25, -0.2) is 8.70 Å². The third-order valence-corrected chi connectivity index (χ3v) is 8.95. The molecule has 3 rings (SSSR count). The molecule has 0 unspecified atom stereocenters. The Bertz CT molecular complexity index is 1440. The van der Waals surface area contributed by atoms with E-state index in [4.69, 9.17) is 0 Å². The first kappa shape index (κ1) is 32.2. The molecule has 2 amide bonds. The Kier molecular flexibility index (Phi) is 11.5. The van der Waals surface area contributed by atoms with Gasteiger partial charge in [0.2, 0.25) is 11.8 Å². The average molecular weight is 648 g/mol. The van der Waals surface area contributed by atoms with Crippen LogP contribution in [0.2, 0.25) is 0 Å². The van der Waals surface area contributed by atoms with Crippen LogP contribution in [-0.2, 0) is 32.8 Å². The molecule has 220 valence electrons. The summed E-state index contributed by atoms with van der Waals surface area (Å²) in [6.07, 6.45) is 0.883. The number of halogens is 2. The first-order valence-electron chi connectivity index (χ1n) is 13.3. The first-order chi connectivity index (χ1) is 19.4. The molecule has 0 aliphatic heterocycles. The van der Waals surface area contributed by atoms with Crippen LogP contribution in [0.4, 0.5) is 10.1 Å². The van der Waals surface area contributed by atoms with Gasteiger partial charge in [-0.2, -0.15) is 12.7 Å². The molecule has 41 heavy (non-hydrogen) atoms. The van der Waals surface area contributed by atoms with E-state index in [0.717, 1.165) is 30.3 Å². The highest BCUT2D eigenvalue weighted by Gasteiger charge is 2.35. The maximum absolute atomic E-state index is 14.9. The van der Waals surface area contributed by atoms with Crippen molar-refractivity contribution in [3.63, 3.8) is 0 Å². The normalized spacial score (nSPS) is 13.0. The van der Waals surface area contributed by atoms with Crippen LogP contribution in [0.3, 0.4) is 0 Å². The number of nitrogens with one attached hydrogen (secondary N) is 1. The Labute approximate surface area is 250 Å². The summed E-state index contributed by atoms with van der Waals surface area (Å²) < 4.78 is 44.1. The molecule has 3 aromatic carbocycles. The highest BCUT2D eigenvalue weighted by Crippen LogP contribution is 2.25. The van der Waals surface area contributed by atoms with E-state index in [1.807, 2.05) is 68.4 Å². The van der Waals surface area contributed by atoms with E-state index in [2.05, 4.69) is 21.2 Å². The second-order valence-electron chi connectivity index (χ2n) is 9.92. The topological polar surface area (TPSA) is 90.0 Å². The second-order valence-corrected chi connectivity index (χ2v) is 12.9. The van der Waals surface area contributed by atoms with Crippen LogP contribution in [0.1, 0.15) is 31.4 Å². The molecule has 3 aromatic rings. The maximum Gasteiger partial charge on any atom is 0.304 e. The van der Waals surface area contributed by atoms with Crippen LogP contribution in [0.15, 0.2) is 83.3 Å². The van der Waals surface area contributed by atoms with Crippen molar-refractivity contribution in [2.75, 3.05) is 24.9 Å². The number of hydrogen-bond donors (Lipinski definition) is 1. The highest BCUT2D eigenvalue weighted by molar-refractivity contribution is 9.10. The smallest absolute Gasteiger partial charge is 0.304 e. The van der Waals surface area contributed by atoms with Gasteiger partial charge in [-0.15, -0.1) is 0 Å². The van der Waals surface area contributed by atoms with E-state index in [0.29, 0.717) is 6.42 Å². The third-order valence-electron chi connectivity index (χ3n) is 6.65. The number of amides is 2. The van der Waals surface area contributed by atoms with Gasteiger partial charge in [0.25, 0.3) is 0 Å². The summed E-state index contributed by atoms with van der Waals surface area (Å²) in [5, 5.41) is 2.98. The molecular formula is C30H36BrFN4O4S. The molecule has 0 saturated carbocycles. The van der Waals surface area contributed by atoms with E-state index in [-0.39, 0.29) is 30.6 Å². The van der Waals surface area contributed by atoms with Gasteiger partial charge in [0, 0.05) is 37.6 Å². The summed E-state index contributed by atoms with van der Waals surface area (Å²) >= 11 is 3.45. The molecular weight excluding hydrogens is 611 g/mol. The lowest BCUT2D eigenvalue weighted by atomic mass is 10.0. The van der Waals surface area contributed by atoms with Gasteiger partial charge in [0.15, 0.2) is 0 Å². The fraction of sp³-hybridized carbons (Fsp3) is 0.333. The van der Waals surface area contributed by atoms with Crippen LogP contribution in [0, 0.1) is 5.82 Å².